The van der Waals surface area contributed by atoms with Crippen LogP contribution in [0.5, 0.6) is 0 Å². The minimum atomic E-state index is -0.0250. The van der Waals surface area contributed by atoms with E-state index in [2.05, 4.69) is 20.3 Å². The van der Waals surface area contributed by atoms with Crippen molar-refractivity contribution in [3.8, 4) is 0 Å². The highest BCUT2D eigenvalue weighted by Gasteiger charge is 2.29. The first-order chi connectivity index (χ1) is 11.7. The van der Waals surface area contributed by atoms with Crippen LogP contribution in [0.25, 0.3) is 0 Å². The molecule has 1 atom stereocenters. The maximum atomic E-state index is 12.3. The smallest absolute Gasteiger partial charge is 0.249 e. The fourth-order valence-corrected chi connectivity index (χ4v) is 3.53. The lowest BCUT2D eigenvalue weighted by Gasteiger charge is -2.35. The zero-order valence-electron chi connectivity index (χ0n) is 13.9. The Labute approximate surface area is 145 Å². The lowest BCUT2D eigenvalue weighted by atomic mass is 9.99. The van der Waals surface area contributed by atoms with Crippen molar-refractivity contribution in [1.29, 1.82) is 0 Å². The van der Waals surface area contributed by atoms with E-state index in [1.165, 1.54) is 0 Å². The molecule has 128 valence electrons. The molecule has 3 heterocycles. The molecule has 1 fully saturated rings. The molecule has 1 amide bonds. The summed E-state index contributed by atoms with van der Waals surface area (Å²) in [5.41, 5.74) is 0.852. The summed E-state index contributed by atoms with van der Waals surface area (Å²) in [7, 11) is 1.54. The van der Waals surface area contributed by atoms with Crippen LogP contribution in [0.3, 0.4) is 0 Å². The van der Waals surface area contributed by atoms with E-state index in [0.29, 0.717) is 5.95 Å². The standard InChI is InChI=1S/C16H21N5O2S/c1-11-9-18-16(24-11)20-15-17-7-6-12(19-15)13-5-3-4-8-21(13)14(22)10-23-2/h6-7,9,13H,3-5,8,10H2,1-2H3,(H,17,18,19,20)/t13-/m1/s1. The topological polar surface area (TPSA) is 80.2 Å². The van der Waals surface area contributed by atoms with Gasteiger partial charge in [-0.2, -0.15) is 0 Å². The summed E-state index contributed by atoms with van der Waals surface area (Å²) in [5.74, 6) is 0.512. The maximum absolute atomic E-state index is 12.3. The van der Waals surface area contributed by atoms with Crippen LogP contribution in [0.4, 0.5) is 11.1 Å². The van der Waals surface area contributed by atoms with Crippen LogP contribution in [0.15, 0.2) is 18.5 Å². The Morgan fingerprint density at radius 1 is 1.46 bits per heavy atom. The Hall–Kier alpha value is -2.06. The van der Waals surface area contributed by atoms with Gasteiger partial charge in [0.1, 0.15) is 6.61 Å². The molecule has 1 N–H and O–H groups in total. The van der Waals surface area contributed by atoms with E-state index in [9.17, 15) is 4.79 Å². The number of methoxy groups -OCH3 is 1. The Morgan fingerprint density at radius 2 is 2.33 bits per heavy atom. The largest absolute Gasteiger partial charge is 0.375 e. The van der Waals surface area contributed by atoms with Crippen molar-refractivity contribution in [2.24, 2.45) is 0 Å². The molecular formula is C16H21N5O2S. The predicted octanol–water partition coefficient (Wildman–Crippen LogP) is 2.69. The van der Waals surface area contributed by atoms with Crippen molar-refractivity contribution in [1.82, 2.24) is 19.9 Å². The van der Waals surface area contributed by atoms with Crippen molar-refractivity contribution in [3.63, 3.8) is 0 Å². The van der Waals surface area contributed by atoms with Crippen LogP contribution in [-0.2, 0) is 9.53 Å². The fraction of sp³-hybridized carbons (Fsp3) is 0.500. The molecule has 2 aromatic rings. The average molecular weight is 347 g/mol. The second-order valence-corrected chi connectivity index (χ2v) is 6.97. The van der Waals surface area contributed by atoms with E-state index in [1.807, 2.05) is 24.1 Å². The number of rotatable bonds is 5. The number of carbonyl (C=O) groups is 1. The van der Waals surface area contributed by atoms with Crippen LogP contribution in [0.2, 0.25) is 0 Å². The molecule has 0 bridgehead atoms. The van der Waals surface area contributed by atoms with Crippen molar-refractivity contribution >= 4 is 28.3 Å². The molecule has 7 nitrogen and oxygen atoms in total. The quantitative estimate of drug-likeness (QED) is 0.896. The van der Waals surface area contributed by atoms with E-state index < -0.39 is 0 Å². The number of amides is 1. The summed E-state index contributed by atoms with van der Waals surface area (Å²) in [4.78, 5) is 28.4. The first-order valence-corrected chi connectivity index (χ1v) is 8.80. The van der Waals surface area contributed by atoms with Gasteiger partial charge in [0.25, 0.3) is 0 Å². The zero-order chi connectivity index (χ0) is 16.9. The van der Waals surface area contributed by atoms with Crippen molar-refractivity contribution in [2.45, 2.75) is 32.2 Å². The molecule has 1 saturated heterocycles. The Morgan fingerprint density at radius 3 is 3.08 bits per heavy atom. The predicted molar refractivity (Wildman–Crippen MR) is 92.3 cm³/mol. The van der Waals surface area contributed by atoms with E-state index >= 15 is 0 Å². The monoisotopic (exact) mass is 347 g/mol. The molecule has 1 aliphatic rings. The molecule has 3 rings (SSSR count). The summed E-state index contributed by atoms with van der Waals surface area (Å²) in [5, 5.41) is 3.89. The number of ether oxygens (including phenoxy) is 1. The SMILES string of the molecule is COCC(=O)N1CCCC[C@@H]1c1ccnc(Nc2ncc(C)s2)n1. The Bertz CT molecular complexity index is 705. The lowest BCUT2D eigenvalue weighted by molar-refractivity contribution is -0.139. The minimum absolute atomic E-state index is 0.00543. The normalized spacial score (nSPS) is 17.8. The summed E-state index contributed by atoms with van der Waals surface area (Å²) in [6, 6.07) is 1.85. The van der Waals surface area contributed by atoms with E-state index in [0.717, 1.165) is 41.5 Å². The maximum Gasteiger partial charge on any atom is 0.249 e. The molecule has 0 aromatic carbocycles. The molecule has 0 radical (unpaired) electrons. The van der Waals surface area contributed by atoms with Crippen LogP contribution < -0.4 is 5.32 Å². The van der Waals surface area contributed by atoms with Crippen LogP contribution in [-0.4, -0.2) is 46.0 Å². The molecule has 2 aromatic heterocycles. The third kappa shape index (κ3) is 3.88. The number of aryl methyl sites for hydroxylation is 1. The van der Waals surface area contributed by atoms with Gasteiger partial charge >= 0.3 is 0 Å². The second-order valence-electron chi connectivity index (χ2n) is 5.74. The molecule has 0 aliphatic carbocycles. The average Bonchev–Trinajstić information content (AvgIpc) is 3.00. The Balaban J connectivity index is 1.79. The number of hydrogen-bond acceptors (Lipinski definition) is 7. The van der Waals surface area contributed by atoms with Crippen LogP contribution in [0, 0.1) is 6.92 Å². The van der Waals surface area contributed by atoms with Gasteiger partial charge in [0.05, 0.1) is 11.7 Å². The highest BCUT2D eigenvalue weighted by atomic mass is 32.1. The molecule has 0 unspecified atom stereocenters. The van der Waals surface area contributed by atoms with Gasteiger partial charge < -0.3 is 15.0 Å². The first-order valence-electron chi connectivity index (χ1n) is 7.98. The number of nitrogens with zero attached hydrogens (tertiary/aromatic N) is 4. The number of hydrogen-bond donors (Lipinski definition) is 1. The highest BCUT2D eigenvalue weighted by Crippen LogP contribution is 2.30. The number of thiazole rings is 1. The summed E-state index contributed by atoms with van der Waals surface area (Å²) < 4.78 is 5.00. The fourth-order valence-electron chi connectivity index (χ4n) is 2.87. The van der Waals surface area contributed by atoms with Gasteiger partial charge in [-0.25, -0.2) is 15.0 Å². The lowest BCUT2D eigenvalue weighted by Crippen LogP contribution is -2.40. The number of likely N-dealkylation sites (tertiary alicyclic amines) is 1. The number of anilines is 2. The van der Waals surface area contributed by atoms with Gasteiger partial charge in [-0.3, -0.25) is 4.79 Å². The van der Waals surface area contributed by atoms with Gasteiger partial charge in [-0.05, 0) is 32.3 Å². The van der Waals surface area contributed by atoms with E-state index in [1.54, 1.807) is 24.6 Å². The number of piperidine rings is 1. The summed E-state index contributed by atoms with van der Waals surface area (Å²) >= 11 is 1.55. The molecule has 0 saturated carbocycles. The van der Waals surface area contributed by atoms with Gasteiger partial charge in [0, 0.05) is 30.9 Å². The second kappa shape index (κ2) is 7.67. The summed E-state index contributed by atoms with van der Waals surface area (Å²) in [6.45, 7) is 2.85. The summed E-state index contributed by atoms with van der Waals surface area (Å²) in [6.07, 6.45) is 6.53. The molecule has 24 heavy (non-hydrogen) atoms. The Kier molecular flexibility index (Phi) is 5.37. The zero-order valence-corrected chi connectivity index (χ0v) is 14.7. The third-order valence-electron chi connectivity index (χ3n) is 3.95. The number of aromatic nitrogens is 3. The van der Waals surface area contributed by atoms with E-state index in [-0.39, 0.29) is 18.6 Å². The molecule has 0 spiro atoms. The molecule has 1 aliphatic heterocycles. The van der Waals surface area contributed by atoms with E-state index in [4.69, 9.17) is 4.74 Å². The van der Waals surface area contributed by atoms with Gasteiger partial charge in [-0.15, -0.1) is 11.3 Å². The van der Waals surface area contributed by atoms with Crippen molar-refractivity contribution in [3.05, 3.63) is 29.0 Å². The van der Waals surface area contributed by atoms with Crippen molar-refractivity contribution < 1.29 is 9.53 Å². The highest BCUT2D eigenvalue weighted by molar-refractivity contribution is 7.15. The van der Waals surface area contributed by atoms with Crippen molar-refractivity contribution in [2.75, 3.05) is 25.6 Å². The minimum Gasteiger partial charge on any atom is -0.375 e. The van der Waals surface area contributed by atoms with Gasteiger partial charge in [-0.1, -0.05) is 0 Å². The third-order valence-corrected chi connectivity index (χ3v) is 4.78. The number of nitrogens with one attached hydrogen (secondary N) is 1. The first kappa shape index (κ1) is 16.8. The van der Waals surface area contributed by atoms with Gasteiger partial charge in [0.2, 0.25) is 11.9 Å². The van der Waals surface area contributed by atoms with Gasteiger partial charge in [0.15, 0.2) is 5.13 Å². The number of carbonyl (C=O) groups excluding carboxylic acids is 1. The van der Waals surface area contributed by atoms with Crippen LogP contribution in [0.1, 0.15) is 35.9 Å². The molecule has 8 heteroatoms. The van der Waals surface area contributed by atoms with Crippen LogP contribution >= 0.6 is 11.3 Å². The molecular weight excluding hydrogens is 326 g/mol.